The Morgan fingerprint density at radius 2 is 1.95 bits per heavy atom. The number of benzene rings is 1. The van der Waals surface area contributed by atoms with Crippen LogP contribution in [0.25, 0.3) is 0 Å². The van der Waals surface area contributed by atoms with Gasteiger partial charge in [0.2, 0.25) is 9.84 Å². The van der Waals surface area contributed by atoms with Gasteiger partial charge in [-0.25, -0.2) is 17.2 Å². The van der Waals surface area contributed by atoms with E-state index < -0.39 is 44.5 Å². The van der Waals surface area contributed by atoms with Crippen LogP contribution >= 0.6 is 0 Å². The van der Waals surface area contributed by atoms with E-state index in [4.69, 9.17) is 5.11 Å². The average molecular weight is 328 g/mol. The molecule has 0 saturated heterocycles. The van der Waals surface area contributed by atoms with Gasteiger partial charge < -0.3 is 10.2 Å². The summed E-state index contributed by atoms with van der Waals surface area (Å²) >= 11 is 0. The van der Waals surface area contributed by atoms with Crippen LogP contribution in [0.3, 0.4) is 0 Å². The lowest BCUT2D eigenvalue weighted by atomic mass is 10.0. The molecule has 1 atom stereocenters. The summed E-state index contributed by atoms with van der Waals surface area (Å²) in [6, 6.07) is 1.88. The molecule has 118 valence electrons. The predicted molar refractivity (Wildman–Crippen MR) is 64.0 cm³/mol. The molecule has 1 aliphatic rings. The smallest absolute Gasteiger partial charge is 0.341 e. The largest absolute Gasteiger partial charge is 0.396 e. The molecule has 0 aliphatic heterocycles. The summed E-state index contributed by atoms with van der Waals surface area (Å²) in [5, 5.41) is 18.5. The van der Waals surface area contributed by atoms with Gasteiger partial charge in [-0.05, 0) is 23.6 Å². The Morgan fingerprint density at radius 1 is 1.33 bits per heavy atom. The van der Waals surface area contributed by atoms with E-state index in [1.54, 1.807) is 0 Å². The van der Waals surface area contributed by atoms with Gasteiger partial charge in [0.15, 0.2) is 0 Å². The van der Waals surface area contributed by atoms with Crippen molar-refractivity contribution in [2.24, 2.45) is 0 Å². The lowest BCUT2D eigenvalue weighted by molar-refractivity contribution is -0.0976. The van der Waals surface area contributed by atoms with E-state index in [0.717, 1.165) is 12.1 Å². The van der Waals surface area contributed by atoms with E-state index in [2.05, 4.69) is 0 Å². The van der Waals surface area contributed by atoms with Gasteiger partial charge in [0.25, 0.3) is 5.92 Å². The fraction of sp³-hybridized carbons (Fsp3) is 0.500. The van der Waals surface area contributed by atoms with Crippen molar-refractivity contribution >= 4 is 9.84 Å². The van der Waals surface area contributed by atoms with Gasteiger partial charge in [-0.3, -0.25) is 0 Å². The Morgan fingerprint density at radius 3 is 2.48 bits per heavy atom. The summed E-state index contributed by atoms with van der Waals surface area (Å²) in [4.78, 5) is -0.987. The number of fused-ring (bicyclic) bond motifs is 1. The van der Waals surface area contributed by atoms with E-state index in [0.29, 0.717) is 0 Å². The number of sulfone groups is 1. The minimum Gasteiger partial charge on any atom is -0.396 e. The molecule has 0 amide bonds. The lowest BCUT2D eigenvalue weighted by Crippen LogP contribution is -2.23. The molecule has 2 rings (SSSR count). The van der Waals surface area contributed by atoms with Crippen LogP contribution in [0.4, 0.5) is 17.6 Å². The van der Waals surface area contributed by atoms with Crippen LogP contribution in [0, 0.1) is 0 Å². The number of alkyl halides is 4. The van der Waals surface area contributed by atoms with Gasteiger partial charge in [0, 0.05) is 18.6 Å². The summed E-state index contributed by atoms with van der Waals surface area (Å²) in [5.41, 5.74) is -0.675. The third-order valence-electron chi connectivity index (χ3n) is 3.42. The zero-order valence-electron chi connectivity index (χ0n) is 10.6. The van der Waals surface area contributed by atoms with E-state index in [9.17, 15) is 31.1 Å². The molecule has 0 heterocycles. The molecule has 1 aromatic carbocycles. The van der Waals surface area contributed by atoms with Crippen LogP contribution in [-0.4, -0.2) is 36.9 Å². The zero-order chi connectivity index (χ0) is 16.0. The molecule has 1 aromatic rings. The Kier molecular flexibility index (Phi) is 4.02. The first-order chi connectivity index (χ1) is 9.63. The molecular formula is C12H12F4O4S. The predicted octanol–water partition coefficient (Wildman–Crippen LogP) is 1.44. The summed E-state index contributed by atoms with van der Waals surface area (Å²) in [6.07, 6.45) is -3.46. The van der Waals surface area contributed by atoms with Gasteiger partial charge >= 0.3 is 5.76 Å². The normalized spacial score (nSPS) is 20.8. The van der Waals surface area contributed by atoms with Crippen molar-refractivity contribution in [3.8, 4) is 0 Å². The SMILES string of the molecule is O=S(=O)(c1ccc(CCO)c2c1C(O)C(F)(F)C2)C(F)F. The molecule has 0 fully saturated rings. The standard InChI is InChI=1S/C12H12F4O4S/c13-11(14)21(19,20)8-2-1-6(3-4-17)7-5-12(15,16)10(18)9(7)8/h1-2,10-11,17-18H,3-5H2. The van der Waals surface area contributed by atoms with Crippen LogP contribution in [0.2, 0.25) is 0 Å². The van der Waals surface area contributed by atoms with Crippen molar-refractivity contribution in [3.05, 3.63) is 28.8 Å². The summed E-state index contributed by atoms with van der Waals surface area (Å²) in [6.45, 7) is -0.380. The van der Waals surface area contributed by atoms with E-state index in [1.807, 2.05) is 0 Å². The Bertz CT molecular complexity index is 657. The number of hydrogen-bond donors (Lipinski definition) is 2. The molecule has 2 N–H and O–H groups in total. The highest BCUT2D eigenvalue weighted by atomic mass is 32.2. The third-order valence-corrected chi connectivity index (χ3v) is 4.86. The van der Waals surface area contributed by atoms with Crippen LogP contribution in [0.5, 0.6) is 0 Å². The van der Waals surface area contributed by atoms with Crippen molar-refractivity contribution in [3.63, 3.8) is 0 Å². The molecule has 0 spiro atoms. The topological polar surface area (TPSA) is 74.6 Å². The van der Waals surface area contributed by atoms with E-state index >= 15 is 0 Å². The quantitative estimate of drug-likeness (QED) is 0.820. The van der Waals surface area contributed by atoms with Gasteiger partial charge in [-0.1, -0.05) is 6.07 Å². The molecule has 1 unspecified atom stereocenters. The number of halogens is 4. The number of aliphatic hydroxyl groups excluding tert-OH is 2. The van der Waals surface area contributed by atoms with Gasteiger partial charge in [-0.2, -0.15) is 8.78 Å². The van der Waals surface area contributed by atoms with Crippen LogP contribution in [-0.2, 0) is 22.7 Å². The molecule has 0 radical (unpaired) electrons. The second-order valence-corrected chi connectivity index (χ2v) is 6.62. The van der Waals surface area contributed by atoms with Crippen molar-refractivity contribution in [1.29, 1.82) is 0 Å². The Hall–Kier alpha value is -1.19. The first kappa shape index (κ1) is 16.2. The number of rotatable bonds is 4. The van der Waals surface area contributed by atoms with Crippen LogP contribution < -0.4 is 0 Å². The lowest BCUT2D eigenvalue weighted by Gasteiger charge is -2.16. The second-order valence-electron chi connectivity index (χ2n) is 4.73. The fourth-order valence-corrected chi connectivity index (χ4v) is 3.43. The minimum atomic E-state index is -5.11. The summed E-state index contributed by atoms with van der Waals surface area (Å²) in [7, 11) is -5.11. The Balaban J connectivity index is 2.71. The second kappa shape index (κ2) is 5.22. The maximum absolute atomic E-state index is 13.6. The fourth-order valence-electron chi connectivity index (χ4n) is 2.44. The zero-order valence-corrected chi connectivity index (χ0v) is 11.4. The van der Waals surface area contributed by atoms with Gasteiger partial charge in [-0.15, -0.1) is 0 Å². The molecule has 21 heavy (non-hydrogen) atoms. The average Bonchev–Trinajstić information content (AvgIpc) is 2.62. The molecule has 4 nitrogen and oxygen atoms in total. The van der Waals surface area contributed by atoms with E-state index in [-0.39, 0.29) is 24.2 Å². The number of aliphatic hydroxyl groups is 2. The third kappa shape index (κ3) is 2.53. The van der Waals surface area contributed by atoms with Crippen LogP contribution in [0.1, 0.15) is 22.8 Å². The Labute approximate surface area is 117 Å². The van der Waals surface area contributed by atoms with Crippen molar-refractivity contribution < 1.29 is 36.2 Å². The highest BCUT2D eigenvalue weighted by Gasteiger charge is 2.50. The monoisotopic (exact) mass is 328 g/mol. The highest BCUT2D eigenvalue weighted by Crippen LogP contribution is 2.47. The minimum absolute atomic E-state index is 0.0415. The molecule has 0 bridgehead atoms. The molecule has 1 aliphatic carbocycles. The molecular weight excluding hydrogens is 316 g/mol. The van der Waals surface area contributed by atoms with Gasteiger partial charge in [0.05, 0.1) is 4.90 Å². The van der Waals surface area contributed by atoms with E-state index in [1.165, 1.54) is 0 Å². The summed E-state index contributed by atoms with van der Waals surface area (Å²) in [5.74, 6) is -7.41. The first-order valence-corrected chi connectivity index (χ1v) is 7.51. The highest BCUT2D eigenvalue weighted by molar-refractivity contribution is 7.91. The van der Waals surface area contributed by atoms with Crippen molar-refractivity contribution in [2.45, 2.75) is 35.5 Å². The summed E-state index contributed by atoms with van der Waals surface area (Å²) < 4.78 is 75.7. The first-order valence-electron chi connectivity index (χ1n) is 5.96. The van der Waals surface area contributed by atoms with Crippen LogP contribution in [0.15, 0.2) is 17.0 Å². The van der Waals surface area contributed by atoms with Crippen molar-refractivity contribution in [1.82, 2.24) is 0 Å². The maximum Gasteiger partial charge on any atom is 0.341 e. The van der Waals surface area contributed by atoms with Gasteiger partial charge in [0.1, 0.15) is 6.10 Å². The molecule has 9 heteroatoms. The maximum atomic E-state index is 13.6. The molecule has 0 saturated carbocycles. The molecule has 0 aromatic heterocycles. The number of hydrogen-bond acceptors (Lipinski definition) is 4. The van der Waals surface area contributed by atoms with Crippen molar-refractivity contribution in [2.75, 3.05) is 6.61 Å².